The third-order valence-electron chi connectivity index (χ3n) is 4.01. The van der Waals surface area contributed by atoms with Crippen LogP contribution in [0.1, 0.15) is 32.8 Å². The van der Waals surface area contributed by atoms with Crippen molar-refractivity contribution in [2.24, 2.45) is 16.8 Å². The van der Waals surface area contributed by atoms with E-state index in [9.17, 15) is 4.79 Å². The average Bonchev–Trinajstić information content (AvgIpc) is 2.59. The van der Waals surface area contributed by atoms with Crippen molar-refractivity contribution in [3.8, 4) is 0 Å². The molecule has 0 aliphatic carbocycles. The molecule has 0 heterocycles. The lowest BCUT2D eigenvalue weighted by molar-refractivity contribution is -0.123. The van der Waals surface area contributed by atoms with E-state index in [1.807, 2.05) is 19.9 Å². The van der Waals surface area contributed by atoms with Crippen molar-refractivity contribution in [3.63, 3.8) is 0 Å². The molecule has 7 heteroatoms. The van der Waals surface area contributed by atoms with Gasteiger partial charge in [0.05, 0.1) is 0 Å². The summed E-state index contributed by atoms with van der Waals surface area (Å²) in [7, 11) is 1.76. The number of guanidine groups is 1. The summed E-state index contributed by atoms with van der Waals surface area (Å²) in [6.45, 7) is 8.09. The number of aliphatic imine (C=N–C) groups is 1. The van der Waals surface area contributed by atoms with E-state index in [0.717, 1.165) is 29.8 Å². The minimum absolute atomic E-state index is 0. The van der Waals surface area contributed by atoms with Crippen LogP contribution in [0.3, 0.4) is 0 Å². The zero-order valence-electron chi connectivity index (χ0n) is 16.1. The van der Waals surface area contributed by atoms with Crippen molar-refractivity contribution < 1.29 is 4.79 Å². The van der Waals surface area contributed by atoms with E-state index in [0.29, 0.717) is 19.0 Å². The van der Waals surface area contributed by atoms with Crippen molar-refractivity contribution in [1.29, 1.82) is 0 Å². The summed E-state index contributed by atoms with van der Waals surface area (Å²) in [5.41, 5.74) is 1.34. The minimum Gasteiger partial charge on any atom is -0.356 e. The summed E-state index contributed by atoms with van der Waals surface area (Å²) in [4.78, 5) is 15.8. The topological polar surface area (TPSA) is 65.5 Å². The Morgan fingerprint density at radius 1 is 1.19 bits per heavy atom. The normalized spacial score (nSPS) is 12.3. The Morgan fingerprint density at radius 2 is 1.88 bits per heavy atom. The number of nitrogens with one attached hydrogen (secondary N) is 3. The molecule has 0 saturated heterocycles. The fraction of sp³-hybridized carbons (Fsp3) is 0.579. The second kappa shape index (κ2) is 14.3. The molecule has 0 bridgehead atoms. The third-order valence-corrected chi connectivity index (χ3v) is 4.51. The van der Waals surface area contributed by atoms with E-state index in [-0.39, 0.29) is 35.8 Å². The van der Waals surface area contributed by atoms with Crippen molar-refractivity contribution in [3.05, 3.63) is 34.3 Å². The zero-order valence-corrected chi connectivity index (χ0v) is 20.1. The maximum atomic E-state index is 11.5. The summed E-state index contributed by atoms with van der Waals surface area (Å²) < 4.78 is 1.12. The van der Waals surface area contributed by atoms with Gasteiger partial charge in [0.2, 0.25) is 5.91 Å². The van der Waals surface area contributed by atoms with Crippen LogP contribution >= 0.6 is 39.9 Å². The molecule has 1 unspecified atom stereocenters. The molecule has 0 fully saturated rings. The Hall–Kier alpha value is -0.830. The summed E-state index contributed by atoms with van der Waals surface area (Å²) in [6.07, 6.45) is 2.13. The first-order valence-electron chi connectivity index (χ1n) is 8.92. The highest BCUT2D eigenvalue weighted by atomic mass is 127. The quantitative estimate of drug-likeness (QED) is 0.195. The van der Waals surface area contributed by atoms with E-state index in [1.165, 1.54) is 5.56 Å². The van der Waals surface area contributed by atoms with Crippen molar-refractivity contribution >= 4 is 51.8 Å². The number of halogens is 2. The molecule has 3 N–H and O–H groups in total. The van der Waals surface area contributed by atoms with Crippen LogP contribution in [0.25, 0.3) is 0 Å². The number of hydrogen-bond acceptors (Lipinski definition) is 2. The lowest BCUT2D eigenvalue weighted by Gasteiger charge is -2.18. The molecule has 1 atom stereocenters. The highest BCUT2D eigenvalue weighted by molar-refractivity contribution is 14.0. The Bertz CT molecular complexity index is 566. The number of nitrogens with zero attached hydrogens (tertiary/aromatic N) is 1. The molecule has 0 radical (unpaired) electrons. The van der Waals surface area contributed by atoms with Crippen LogP contribution in [-0.2, 0) is 11.2 Å². The van der Waals surface area contributed by atoms with Gasteiger partial charge in [0.15, 0.2) is 5.96 Å². The molecular weight excluding hydrogens is 507 g/mol. The standard InChI is InChI=1S/C19H31BrN4O.HI/c1-5-15(11-16-7-6-8-17(20)12-16)13-24-19(21-4)23-10-9-22-18(25)14(2)3;/h6-8,12,14-15H,5,9-11,13H2,1-4H3,(H,22,25)(H2,21,23,24);1H. The third kappa shape index (κ3) is 10.4. The van der Waals surface area contributed by atoms with Crippen molar-refractivity contribution in [2.75, 3.05) is 26.7 Å². The van der Waals surface area contributed by atoms with Gasteiger partial charge in [-0.2, -0.15) is 0 Å². The van der Waals surface area contributed by atoms with Crippen LogP contribution in [0.5, 0.6) is 0 Å². The Labute approximate surface area is 183 Å². The highest BCUT2D eigenvalue weighted by Crippen LogP contribution is 2.16. The maximum Gasteiger partial charge on any atom is 0.222 e. The van der Waals surface area contributed by atoms with Gasteiger partial charge in [-0.3, -0.25) is 9.79 Å². The smallest absolute Gasteiger partial charge is 0.222 e. The van der Waals surface area contributed by atoms with Gasteiger partial charge in [0.1, 0.15) is 0 Å². The van der Waals surface area contributed by atoms with Gasteiger partial charge < -0.3 is 16.0 Å². The van der Waals surface area contributed by atoms with Gasteiger partial charge in [0, 0.05) is 37.1 Å². The van der Waals surface area contributed by atoms with Gasteiger partial charge in [0.25, 0.3) is 0 Å². The Kier molecular flexibility index (Phi) is 13.8. The summed E-state index contributed by atoms with van der Waals surface area (Å²) in [6, 6.07) is 8.46. The molecule has 1 amide bonds. The minimum atomic E-state index is 0. The number of carbonyl (C=O) groups is 1. The average molecular weight is 539 g/mol. The predicted octanol–water partition coefficient (Wildman–Crippen LogP) is 3.57. The van der Waals surface area contributed by atoms with Crippen molar-refractivity contribution in [1.82, 2.24) is 16.0 Å². The summed E-state index contributed by atoms with van der Waals surface area (Å²) >= 11 is 3.53. The molecule has 148 valence electrons. The van der Waals surface area contributed by atoms with Crippen LogP contribution in [0, 0.1) is 11.8 Å². The van der Waals surface area contributed by atoms with Crippen LogP contribution in [-0.4, -0.2) is 38.5 Å². The van der Waals surface area contributed by atoms with Crippen molar-refractivity contribution in [2.45, 2.75) is 33.6 Å². The van der Waals surface area contributed by atoms with Crippen LogP contribution < -0.4 is 16.0 Å². The molecule has 1 aromatic rings. The van der Waals surface area contributed by atoms with Crippen LogP contribution in [0.2, 0.25) is 0 Å². The lowest BCUT2D eigenvalue weighted by Crippen LogP contribution is -2.43. The molecule has 5 nitrogen and oxygen atoms in total. The monoisotopic (exact) mass is 538 g/mol. The van der Waals surface area contributed by atoms with E-state index >= 15 is 0 Å². The lowest BCUT2D eigenvalue weighted by atomic mass is 9.97. The molecule has 0 aliphatic heterocycles. The zero-order chi connectivity index (χ0) is 18.7. The molecule has 1 aromatic carbocycles. The number of benzene rings is 1. The van der Waals surface area contributed by atoms with Gasteiger partial charge >= 0.3 is 0 Å². The van der Waals surface area contributed by atoms with Gasteiger partial charge in [-0.15, -0.1) is 24.0 Å². The maximum absolute atomic E-state index is 11.5. The van der Waals surface area contributed by atoms with E-state index in [4.69, 9.17) is 0 Å². The summed E-state index contributed by atoms with van der Waals surface area (Å²) in [5, 5.41) is 9.50. The number of rotatable bonds is 9. The van der Waals surface area contributed by atoms with Crippen LogP contribution in [0.15, 0.2) is 33.7 Å². The number of carbonyl (C=O) groups excluding carboxylic acids is 1. The first-order valence-corrected chi connectivity index (χ1v) is 9.72. The Morgan fingerprint density at radius 3 is 2.46 bits per heavy atom. The molecule has 0 saturated carbocycles. The number of hydrogen-bond donors (Lipinski definition) is 3. The van der Waals surface area contributed by atoms with Crippen LogP contribution in [0.4, 0.5) is 0 Å². The second-order valence-electron chi connectivity index (χ2n) is 6.43. The van der Waals surface area contributed by atoms with Gasteiger partial charge in [-0.1, -0.05) is 55.3 Å². The molecule has 0 spiro atoms. The molecule has 1 rings (SSSR count). The summed E-state index contributed by atoms with van der Waals surface area (Å²) in [5.74, 6) is 1.39. The molecule has 26 heavy (non-hydrogen) atoms. The molecule has 0 aliphatic rings. The predicted molar refractivity (Wildman–Crippen MR) is 124 cm³/mol. The first-order chi connectivity index (χ1) is 12.0. The Balaban J connectivity index is 0.00000625. The van der Waals surface area contributed by atoms with E-state index < -0.39 is 0 Å². The highest BCUT2D eigenvalue weighted by Gasteiger charge is 2.09. The molecular formula is C19H32BrIN4O. The fourth-order valence-corrected chi connectivity index (χ4v) is 2.84. The fourth-order valence-electron chi connectivity index (χ4n) is 2.39. The van der Waals surface area contributed by atoms with E-state index in [1.54, 1.807) is 7.05 Å². The van der Waals surface area contributed by atoms with Gasteiger partial charge in [-0.05, 0) is 30.0 Å². The first kappa shape index (κ1) is 25.2. The molecule has 0 aromatic heterocycles. The number of amides is 1. The largest absolute Gasteiger partial charge is 0.356 e. The SMILES string of the molecule is CCC(CNC(=NC)NCCNC(=O)C(C)C)Cc1cccc(Br)c1.I. The van der Waals surface area contributed by atoms with Gasteiger partial charge in [-0.25, -0.2) is 0 Å². The van der Waals surface area contributed by atoms with E-state index in [2.05, 4.69) is 62.0 Å². The second-order valence-corrected chi connectivity index (χ2v) is 7.35.